The Balaban J connectivity index is 2.28. The highest BCUT2D eigenvalue weighted by Crippen LogP contribution is 2.30. The second-order valence-corrected chi connectivity index (χ2v) is 8.52. The van der Waals surface area contributed by atoms with Gasteiger partial charge in [-0.15, -0.1) is 0 Å². The van der Waals surface area contributed by atoms with Crippen molar-refractivity contribution in [2.75, 3.05) is 6.61 Å². The van der Waals surface area contributed by atoms with Crippen molar-refractivity contribution in [1.82, 2.24) is 0 Å². The summed E-state index contributed by atoms with van der Waals surface area (Å²) in [4.78, 5) is 0. The lowest BCUT2D eigenvalue weighted by atomic mass is 9.77. The molecule has 0 aliphatic carbocycles. The third-order valence-electron chi connectivity index (χ3n) is 6.19. The zero-order chi connectivity index (χ0) is 25.6. The van der Waals surface area contributed by atoms with E-state index in [2.05, 4.69) is 0 Å². The van der Waals surface area contributed by atoms with E-state index in [0.29, 0.717) is 0 Å². The standard InChI is InChI=1S/C24H30F4O6/c1-12(8-9-13-4-2-6-16(25)19(13)27)15(10-14-5-3-7-17(26)20(14)28)21(31)23(33)24(34)22(32)18(30)11-29/h2-7,12,15,18,21-24,29-34H,8-11H2,1H3/t12?,15?,18-,21?,22+,23+,24-/m0/s1. The van der Waals surface area contributed by atoms with E-state index in [0.717, 1.165) is 12.1 Å². The summed E-state index contributed by atoms with van der Waals surface area (Å²) in [5, 5.41) is 59.8. The van der Waals surface area contributed by atoms with Gasteiger partial charge in [0.25, 0.3) is 0 Å². The van der Waals surface area contributed by atoms with Crippen LogP contribution in [0.3, 0.4) is 0 Å². The molecule has 3 unspecified atom stereocenters. The molecule has 0 saturated heterocycles. The number of benzene rings is 2. The maximum absolute atomic E-state index is 14.3. The van der Waals surface area contributed by atoms with Crippen LogP contribution in [0.5, 0.6) is 0 Å². The second-order valence-electron chi connectivity index (χ2n) is 8.52. The first-order valence-electron chi connectivity index (χ1n) is 10.9. The van der Waals surface area contributed by atoms with Crippen LogP contribution in [-0.4, -0.2) is 67.8 Å². The second kappa shape index (κ2) is 12.6. The molecule has 10 heteroatoms. The number of rotatable bonds is 12. The van der Waals surface area contributed by atoms with E-state index in [9.17, 15) is 43.1 Å². The fraction of sp³-hybridized carbons (Fsp3) is 0.500. The normalized spacial score (nSPS) is 18.1. The lowest BCUT2D eigenvalue weighted by Crippen LogP contribution is -2.52. The van der Waals surface area contributed by atoms with Crippen LogP contribution in [0, 0.1) is 35.1 Å². The van der Waals surface area contributed by atoms with Gasteiger partial charge in [0.05, 0.1) is 12.7 Å². The number of hydrogen-bond acceptors (Lipinski definition) is 6. The van der Waals surface area contributed by atoms with Gasteiger partial charge in [0.1, 0.15) is 24.4 Å². The molecule has 2 aromatic carbocycles. The minimum Gasteiger partial charge on any atom is -0.394 e. The largest absolute Gasteiger partial charge is 0.394 e. The van der Waals surface area contributed by atoms with Crippen molar-refractivity contribution >= 4 is 0 Å². The van der Waals surface area contributed by atoms with Crippen LogP contribution in [0.4, 0.5) is 17.6 Å². The van der Waals surface area contributed by atoms with Crippen molar-refractivity contribution < 1.29 is 48.2 Å². The molecule has 7 atom stereocenters. The van der Waals surface area contributed by atoms with Crippen LogP contribution in [0.2, 0.25) is 0 Å². The minimum absolute atomic E-state index is 0.0319. The van der Waals surface area contributed by atoms with Crippen LogP contribution in [0.25, 0.3) is 0 Å². The van der Waals surface area contributed by atoms with Crippen LogP contribution in [0.1, 0.15) is 24.5 Å². The molecule has 34 heavy (non-hydrogen) atoms. The van der Waals surface area contributed by atoms with Gasteiger partial charge in [-0.25, -0.2) is 17.6 Å². The highest BCUT2D eigenvalue weighted by molar-refractivity contribution is 5.21. The number of aryl methyl sites for hydroxylation is 1. The molecule has 0 bridgehead atoms. The Kier molecular flexibility index (Phi) is 10.4. The smallest absolute Gasteiger partial charge is 0.162 e. The molecule has 0 fully saturated rings. The molecule has 0 aromatic heterocycles. The predicted octanol–water partition coefficient (Wildman–Crippen LogP) is 1.47. The molecule has 0 amide bonds. The molecule has 2 aromatic rings. The molecule has 190 valence electrons. The third kappa shape index (κ3) is 6.74. The fourth-order valence-corrected chi connectivity index (χ4v) is 3.95. The Labute approximate surface area is 194 Å². The van der Waals surface area contributed by atoms with E-state index < -0.39 is 72.2 Å². The zero-order valence-corrected chi connectivity index (χ0v) is 18.5. The zero-order valence-electron chi connectivity index (χ0n) is 18.5. The van der Waals surface area contributed by atoms with Crippen molar-refractivity contribution in [3.8, 4) is 0 Å². The van der Waals surface area contributed by atoms with E-state index in [-0.39, 0.29) is 30.4 Å². The summed E-state index contributed by atoms with van der Waals surface area (Å²) in [6, 6.07) is 7.13. The van der Waals surface area contributed by atoms with Gasteiger partial charge in [-0.05, 0) is 54.4 Å². The molecule has 0 saturated carbocycles. The van der Waals surface area contributed by atoms with E-state index >= 15 is 0 Å². The number of halogens is 4. The average Bonchev–Trinajstić information content (AvgIpc) is 2.83. The van der Waals surface area contributed by atoms with Crippen molar-refractivity contribution in [2.45, 2.75) is 56.7 Å². The van der Waals surface area contributed by atoms with E-state index in [1.165, 1.54) is 24.3 Å². The van der Waals surface area contributed by atoms with Crippen molar-refractivity contribution in [1.29, 1.82) is 0 Å². The van der Waals surface area contributed by atoms with E-state index in [1.54, 1.807) is 6.92 Å². The van der Waals surface area contributed by atoms with Crippen molar-refractivity contribution in [2.24, 2.45) is 11.8 Å². The maximum Gasteiger partial charge on any atom is 0.162 e. The molecular weight excluding hydrogens is 460 g/mol. The lowest BCUT2D eigenvalue weighted by Gasteiger charge is -2.35. The summed E-state index contributed by atoms with van der Waals surface area (Å²) in [5.41, 5.74) is -0.0513. The van der Waals surface area contributed by atoms with Gasteiger partial charge in [-0.1, -0.05) is 31.2 Å². The quantitative estimate of drug-likeness (QED) is 0.251. The minimum atomic E-state index is -2.08. The van der Waals surface area contributed by atoms with Crippen LogP contribution in [0.15, 0.2) is 36.4 Å². The summed E-state index contributed by atoms with van der Waals surface area (Å²) in [6.45, 7) is 0.676. The number of hydrogen-bond donors (Lipinski definition) is 6. The maximum atomic E-state index is 14.3. The van der Waals surface area contributed by atoms with Crippen molar-refractivity contribution in [3.05, 3.63) is 70.8 Å². The Morgan fingerprint density at radius 2 is 1.21 bits per heavy atom. The Hall–Kier alpha value is -2.08. The summed E-state index contributed by atoms with van der Waals surface area (Å²) in [7, 11) is 0. The Morgan fingerprint density at radius 3 is 1.76 bits per heavy atom. The van der Waals surface area contributed by atoms with Crippen LogP contribution >= 0.6 is 0 Å². The van der Waals surface area contributed by atoms with Gasteiger partial charge in [0, 0.05) is 0 Å². The summed E-state index contributed by atoms with van der Waals surface area (Å²) in [5.74, 6) is -5.97. The van der Waals surface area contributed by atoms with Crippen LogP contribution in [-0.2, 0) is 12.8 Å². The lowest BCUT2D eigenvalue weighted by molar-refractivity contribution is -0.152. The molecule has 0 aliphatic heterocycles. The topological polar surface area (TPSA) is 121 Å². The number of aliphatic hydroxyl groups is 6. The molecule has 6 N–H and O–H groups in total. The number of aliphatic hydroxyl groups excluding tert-OH is 6. The molecule has 0 aliphatic rings. The van der Waals surface area contributed by atoms with E-state index in [1.807, 2.05) is 0 Å². The summed E-state index contributed by atoms with van der Waals surface area (Å²) < 4.78 is 55.6. The van der Waals surface area contributed by atoms with E-state index in [4.69, 9.17) is 5.11 Å². The molecule has 0 radical (unpaired) electrons. The summed E-state index contributed by atoms with van der Waals surface area (Å²) in [6.07, 6.45) is -9.84. The van der Waals surface area contributed by atoms with Gasteiger partial charge in [-0.2, -0.15) is 0 Å². The summed E-state index contributed by atoms with van der Waals surface area (Å²) >= 11 is 0. The molecule has 0 spiro atoms. The third-order valence-corrected chi connectivity index (χ3v) is 6.19. The highest BCUT2D eigenvalue weighted by Gasteiger charge is 2.39. The van der Waals surface area contributed by atoms with Gasteiger partial charge < -0.3 is 30.6 Å². The van der Waals surface area contributed by atoms with Gasteiger partial charge in [0.15, 0.2) is 23.3 Å². The highest BCUT2D eigenvalue weighted by atomic mass is 19.2. The Morgan fingerprint density at radius 1 is 0.706 bits per heavy atom. The van der Waals surface area contributed by atoms with Gasteiger partial charge in [-0.3, -0.25) is 0 Å². The van der Waals surface area contributed by atoms with Gasteiger partial charge in [0.2, 0.25) is 0 Å². The molecule has 6 nitrogen and oxygen atoms in total. The first-order chi connectivity index (χ1) is 16.0. The average molecular weight is 490 g/mol. The van der Waals surface area contributed by atoms with Crippen LogP contribution < -0.4 is 0 Å². The first-order valence-corrected chi connectivity index (χ1v) is 10.9. The molecule has 0 heterocycles. The monoisotopic (exact) mass is 490 g/mol. The SMILES string of the molecule is CC(CCc1cccc(F)c1F)C(Cc1cccc(F)c1F)C(O)[C@@H](O)[C@@H](O)[C@H](O)[C@@H](O)CO. The first kappa shape index (κ1) is 28.2. The Bertz CT molecular complexity index is 930. The molecular formula is C24H30F4O6. The predicted molar refractivity (Wildman–Crippen MR) is 115 cm³/mol. The van der Waals surface area contributed by atoms with Gasteiger partial charge >= 0.3 is 0 Å². The van der Waals surface area contributed by atoms with Crippen molar-refractivity contribution in [3.63, 3.8) is 0 Å². The molecule has 2 rings (SSSR count). The fourth-order valence-electron chi connectivity index (χ4n) is 3.95.